The molecule has 2 aromatic rings. The van der Waals surface area contributed by atoms with Crippen LogP contribution in [-0.2, 0) is 6.54 Å². The largest absolute Gasteiger partial charge is 1.00 e. The van der Waals surface area contributed by atoms with Gasteiger partial charge in [-0.1, -0.05) is 31.8 Å². The summed E-state index contributed by atoms with van der Waals surface area (Å²) in [5.41, 5.74) is 2.48. The number of nitrogens with zero attached hydrogens (tertiary/aromatic N) is 2. The number of unbranched alkanes of at least 4 members (excludes halogenated alkanes) is 7. The zero-order valence-electron chi connectivity index (χ0n) is 14.5. The van der Waals surface area contributed by atoms with E-state index in [-0.39, 0.29) is 17.0 Å². The highest BCUT2D eigenvalue weighted by molar-refractivity contribution is 5.61. The lowest BCUT2D eigenvalue weighted by Gasteiger charge is -2.02. The van der Waals surface area contributed by atoms with Crippen LogP contribution in [-0.4, -0.2) is 4.98 Å². The minimum Gasteiger partial charge on any atom is -1.00 e. The summed E-state index contributed by atoms with van der Waals surface area (Å²) >= 11 is 0. The molecule has 0 aliphatic heterocycles. The van der Waals surface area contributed by atoms with Gasteiger partial charge >= 0.3 is 0 Å². The Hall–Kier alpha value is -1.48. The zero-order valence-corrected chi connectivity index (χ0v) is 16.1. The maximum atomic E-state index is 4.06. The molecule has 0 aromatic carbocycles. The van der Waals surface area contributed by atoms with Crippen LogP contribution in [0.2, 0.25) is 0 Å². The van der Waals surface area contributed by atoms with E-state index in [4.69, 9.17) is 0 Å². The number of hydrogen-bond acceptors (Lipinski definition) is 1. The Labute approximate surface area is 157 Å². The van der Waals surface area contributed by atoms with Crippen molar-refractivity contribution in [1.82, 2.24) is 4.98 Å². The summed E-state index contributed by atoms with van der Waals surface area (Å²) in [6.07, 6.45) is 20.6. The summed E-state index contributed by atoms with van der Waals surface area (Å²) in [5.74, 6) is 0. The Morgan fingerprint density at radius 1 is 0.792 bits per heavy atom. The summed E-state index contributed by atoms with van der Waals surface area (Å²) in [5, 5.41) is 0. The Morgan fingerprint density at radius 3 is 1.96 bits per heavy atom. The molecule has 130 valence electrons. The third-order valence-corrected chi connectivity index (χ3v) is 4.23. The SMILES string of the molecule is C=CCCCCCCCCC[n+]1ccc(-c2ccncc2)cc1.[Br-]. The Balaban J connectivity index is 0.00000288. The van der Waals surface area contributed by atoms with Crippen molar-refractivity contribution in [3.63, 3.8) is 0 Å². The van der Waals surface area contributed by atoms with Gasteiger partial charge < -0.3 is 17.0 Å². The second kappa shape index (κ2) is 12.9. The number of pyridine rings is 2. The van der Waals surface area contributed by atoms with Gasteiger partial charge in [0.15, 0.2) is 12.4 Å². The molecular formula is C21H29BrN2. The van der Waals surface area contributed by atoms with Crippen LogP contribution in [0.15, 0.2) is 61.7 Å². The van der Waals surface area contributed by atoms with E-state index >= 15 is 0 Å². The van der Waals surface area contributed by atoms with Crippen LogP contribution in [0.3, 0.4) is 0 Å². The van der Waals surface area contributed by atoms with Gasteiger partial charge in [0, 0.05) is 30.9 Å². The average molecular weight is 389 g/mol. The standard InChI is InChI=1S/C21H29N2.BrH/c1-2-3-4-5-6-7-8-9-10-17-23-18-13-21(14-19-23)20-11-15-22-16-12-20;/h2,11-16,18-19H,1,3-10,17H2;1H/q+1;/p-1. The summed E-state index contributed by atoms with van der Waals surface area (Å²) in [6, 6.07) is 8.48. The molecular weight excluding hydrogens is 360 g/mol. The third-order valence-electron chi connectivity index (χ3n) is 4.23. The van der Waals surface area contributed by atoms with Gasteiger partial charge in [-0.3, -0.25) is 4.98 Å². The number of allylic oxidation sites excluding steroid dienone is 1. The normalized spacial score (nSPS) is 10.2. The third kappa shape index (κ3) is 7.87. The number of aromatic nitrogens is 2. The first-order valence-electron chi connectivity index (χ1n) is 8.90. The highest BCUT2D eigenvalue weighted by Gasteiger charge is 2.02. The summed E-state index contributed by atoms with van der Waals surface area (Å²) < 4.78 is 2.29. The van der Waals surface area contributed by atoms with Crippen molar-refractivity contribution in [3.8, 4) is 11.1 Å². The van der Waals surface area contributed by atoms with E-state index in [0.29, 0.717) is 0 Å². The van der Waals surface area contributed by atoms with Gasteiger partial charge in [-0.15, -0.1) is 6.58 Å². The lowest BCUT2D eigenvalue weighted by molar-refractivity contribution is -0.697. The van der Waals surface area contributed by atoms with Gasteiger partial charge in [0.05, 0.1) is 0 Å². The van der Waals surface area contributed by atoms with Gasteiger partial charge in [-0.05, 0) is 42.5 Å². The highest BCUT2D eigenvalue weighted by atomic mass is 79.9. The molecule has 0 saturated heterocycles. The fourth-order valence-corrected chi connectivity index (χ4v) is 2.81. The monoisotopic (exact) mass is 388 g/mol. The molecule has 0 radical (unpaired) electrons. The lowest BCUT2D eigenvalue weighted by atomic mass is 10.1. The van der Waals surface area contributed by atoms with Crippen LogP contribution in [0.1, 0.15) is 51.4 Å². The number of halogens is 1. The maximum Gasteiger partial charge on any atom is 0.169 e. The lowest BCUT2D eigenvalue weighted by Crippen LogP contribution is -3.00. The average Bonchev–Trinajstić information content (AvgIpc) is 2.62. The topological polar surface area (TPSA) is 16.8 Å². The van der Waals surface area contributed by atoms with E-state index in [1.54, 1.807) is 0 Å². The second-order valence-electron chi connectivity index (χ2n) is 6.11. The van der Waals surface area contributed by atoms with Crippen LogP contribution >= 0.6 is 0 Å². The van der Waals surface area contributed by atoms with Crippen molar-refractivity contribution < 1.29 is 21.5 Å². The molecule has 2 aromatic heterocycles. The molecule has 0 N–H and O–H groups in total. The summed E-state index contributed by atoms with van der Waals surface area (Å²) in [7, 11) is 0. The zero-order chi connectivity index (χ0) is 16.2. The van der Waals surface area contributed by atoms with Crippen LogP contribution in [0.4, 0.5) is 0 Å². The minimum absolute atomic E-state index is 0. The molecule has 2 rings (SSSR count). The van der Waals surface area contributed by atoms with Crippen molar-refractivity contribution in [1.29, 1.82) is 0 Å². The van der Waals surface area contributed by atoms with Crippen LogP contribution in [0.25, 0.3) is 11.1 Å². The molecule has 0 unspecified atom stereocenters. The Bertz CT molecular complexity index is 552. The smallest absolute Gasteiger partial charge is 0.169 e. The summed E-state index contributed by atoms with van der Waals surface area (Å²) in [4.78, 5) is 4.06. The Morgan fingerprint density at radius 2 is 1.33 bits per heavy atom. The number of rotatable bonds is 11. The predicted molar refractivity (Wildman–Crippen MR) is 97.0 cm³/mol. The van der Waals surface area contributed by atoms with Gasteiger partial charge in [0.2, 0.25) is 0 Å². The van der Waals surface area contributed by atoms with Gasteiger partial charge in [-0.2, -0.15) is 0 Å². The number of aryl methyl sites for hydroxylation is 1. The fraction of sp³-hybridized carbons (Fsp3) is 0.429. The first-order valence-corrected chi connectivity index (χ1v) is 8.90. The fourth-order valence-electron chi connectivity index (χ4n) is 2.81. The molecule has 0 aliphatic rings. The van der Waals surface area contributed by atoms with Crippen LogP contribution in [0, 0.1) is 0 Å². The minimum atomic E-state index is 0. The molecule has 0 aliphatic carbocycles. The molecule has 2 nitrogen and oxygen atoms in total. The van der Waals surface area contributed by atoms with Crippen LogP contribution in [0.5, 0.6) is 0 Å². The molecule has 0 saturated carbocycles. The first kappa shape index (κ1) is 20.6. The maximum absolute atomic E-state index is 4.06. The van der Waals surface area contributed by atoms with Gasteiger partial charge in [0.25, 0.3) is 0 Å². The van der Waals surface area contributed by atoms with E-state index in [1.165, 1.54) is 62.5 Å². The summed E-state index contributed by atoms with van der Waals surface area (Å²) in [6.45, 7) is 4.88. The molecule has 0 amide bonds. The molecule has 0 spiro atoms. The van der Waals surface area contributed by atoms with E-state index in [2.05, 4.69) is 52.8 Å². The Kier molecular flexibility index (Phi) is 11.0. The molecule has 2 heterocycles. The van der Waals surface area contributed by atoms with E-state index in [9.17, 15) is 0 Å². The first-order chi connectivity index (χ1) is 11.4. The van der Waals surface area contributed by atoms with E-state index in [1.807, 2.05) is 18.5 Å². The van der Waals surface area contributed by atoms with Crippen molar-refractivity contribution in [2.45, 2.75) is 57.9 Å². The predicted octanol–water partition coefficient (Wildman–Crippen LogP) is 2.35. The van der Waals surface area contributed by atoms with Crippen LogP contribution < -0.4 is 21.5 Å². The molecule has 3 heteroatoms. The highest BCUT2D eigenvalue weighted by Crippen LogP contribution is 2.15. The number of hydrogen-bond donors (Lipinski definition) is 0. The van der Waals surface area contributed by atoms with Crippen molar-refractivity contribution in [2.75, 3.05) is 0 Å². The molecule has 0 atom stereocenters. The van der Waals surface area contributed by atoms with Crippen molar-refractivity contribution in [3.05, 3.63) is 61.7 Å². The van der Waals surface area contributed by atoms with Crippen molar-refractivity contribution in [2.24, 2.45) is 0 Å². The molecule has 0 bridgehead atoms. The van der Waals surface area contributed by atoms with Crippen molar-refractivity contribution >= 4 is 0 Å². The molecule has 0 fully saturated rings. The molecule has 24 heavy (non-hydrogen) atoms. The quantitative estimate of drug-likeness (QED) is 0.328. The second-order valence-corrected chi connectivity index (χ2v) is 6.11. The van der Waals surface area contributed by atoms with Gasteiger partial charge in [0.1, 0.15) is 6.54 Å². The van der Waals surface area contributed by atoms with E-state index < -0.39 is 0 Å². The van der Waals surface area contributed by atoms with E-state index in [0.717, 1.165) is 6.54 Å². The van der Waals surface area contributed by atoms with Gasteiger partial charge in [-0.25, -0.2) is 4.57 Å².